The zero-order valence-corrected chi connectivity index (χ0v) is 16.1. The molecular formula is C23H29NO2. The molecule has 1 heterocycles. The first-order chi connectivity index (χ1) is 12.3. The van der Waals surface area contributed by atoms with Crippen molar-refractivity contribution in [2.24, 2.45) is 0 Å². The quantitative estimate of drug-likeness (QED) is 0.836. The highest BCUT2D eigenvalue weighted by Crippen LogP contribution is 2.38. The average Bonchev–Trinajstić information content (AvgIpc) is 3.08. The van der Waals surface area contributed by atoms with E-state index >= 15 is 0 Å². The lowest BCUT2D eigenvalue weighted by Gasteiger charge is -2.36. The van der Waals surface area contributed by atoms with Crippen LogP contribution in [0.15, 0.2) is 48.5 Å². The van der Waals surface area contributed by atoms with E-state index in [-0.39, 0.29) is 11.9 Å². The molecule has 138 valence electrons. The Balaban J connectivity index is 2.15. The second-order valence-corrected chi connectivity index (χ2v) is 7.99. The van der Waals surface area contributed by atoms with Crippen LogP contribution < -0.4 is 5.32 Å². The Kier molecular flexibility index (Phi) is 5.19. The summed E-state index contributed by atoms with van der Waals surface area (Å²) < 4.78 is 0. The van der Waals surface area contributed by atoms with Crippen LogP contribution in [0.2, 0.25) is 0 Å². The topological polar surface area (TPSA) is 49.3 Å². The summed E-state index contributed by atoms with van der Waals surface area (Å²) in [6.45, 7) is 8.59. The highest BCUT2D eigenvalue weighted by atomic mass is 16.3. The molecule has 1 atom stereocenters. The van der Waals surface area contributed by atoms with E-state index in [2.05, 4.69) is 57.3 Å². The van der Waals surface area contributed by atoms with Gasteiger partial charge in [-0.1, -0.05) is 76.2 Å². The SMILES string of the molecule is CC(C)c1cccc(C(O)(c2cccc(C(C)C)c2)[C@@H]2CCC(=O)N2)c1. The highest BCUT2D eigenvalue weighted by Gasteiger charge is 2.44. The number of nitrogens with one attached hydrogen (secondary N) is 1. The predicted molar refractivity (Wildman–Crippen MR) is 105 cm³/mol. The molecule has 1 aliphatic heterocycles. The molecule has 0 aliphatic carbocycles. The number of benzene rings is 2. The maximum absolute atomic E-state index is 12.0. The maximum atomic E-state index is 12.0. The summed E-state index contributed by atoms with van der Waals surface area (Å²) in [6.07, 6.45) is 1.09. The molecule has 0 bridgehead atoms. The molecule has 1 amide bonds. The number of hydrogen-bond donors (Lipinski definition) is 2. The van der Waals surface area contributed by atoms with Crippen molar-refractivity contribution >= 4 is 5.91 Å². The van der Waals surface area contributed by atoms with E-state index in [1.165, 1.54) is 11.1 Å². The lowest BCUT2D eigenvalue weighted by molar-refractivity contribution is -0.120. The fourth-order valence-corrected chi connectivity index (χ4v) is 3.77. The number of carbonyl (C=O) groups excluding carboxylic acids is 1. The van der Waals surface area contributed by atoms with Crippen LogP contribution in [0, 0.1) is 0 Å². The van der Waals surface area contributed by atoms with Crippen molar-refractivity contribution in [3.8, 4) is 0 Å². The van der Waals surface area contributed by atoms with Crippen LogP contribution in [0.1, 0.15) is 74.6 Å². The fourth-order valence-electron chi connectivity index (χ4n) is 3.77. The number of carbonyl (C=O) groups is 1. The minimum absolute atomic E-state index is 0.00783. The van der Waals surface area contributed by atoms with Gasteiger partial charge in [0.05, 0.1) is 6.04 Å². The van der Waals surface area contributed by atoms with Crippen molar-refractivity contribution < 1.29 is 9.90 Å². The van der Waals surface area contributed by atoms with Gasteiger partial charge in [-0.2, -0.15) is 0 Å². The van der Waals surface area contributed by atoms with Gasteiger partial charge in [-0.3, -0.25) is 4.79 Å². The number of rotatable bonds is 5. The van der Waals surface area contributed by atoms with Gasteiger partial charge in [0.15, 0.2) is 0 Å². The molecule has 1 saturated heterocycles. The molecule has 3 nitrogen and oxygen atoms in total. The average molecular weight is 351 g/mol. The molecule has 2 aromatic rings. The van der Waals surface area contributed by atoms with Crippen molar-refractivity contribution in [1.82, 2.24) is 5.32 Å². The Morgan fingerprint density at radius 1 is 0.962 bits per heavy atom. The molecule has 0 saturated carbocycles. The monoisotopic (exact) mass is 351 g/mol. The largest absolute Gasteiger partial charge is 0.378 e. The van der Waals surface area contributed by atoms with E-state index < -0.39 is 5.60 Å². The number of amides is 1. The fraction of sp³-hybridized carbons (Fsp3) is 0.435. The zero-order valence-electron chi connectivity index (χ0n) is 16.1. The molecule has 2 N–H and O–H groups in total. The molecule has 3 rings (SSSR count). The van der Waals surface area contributed by atoms with Crippen molar-refractivity contribution in [2.75, 3.05) is 0 Å². The van der Waals surface area contributed by atoms with Crippen LogP contribution in [0.25, 0.3) is 0 Å². The van der Waals surface area contributed by atoms with Crippen LogP contribution in [-0.4, -0.2) is 17.1 Å². The van der Waals surface area contributed by atoms with E-state index in [4.69, 9.17) is 0 Å². The van der Waals surface area contributed by atoms with Crippen LogP contribution >= 0.6 is 0 Å². The van der Waals surface area contributed by atoms with Gasteiger partial charge < -0.3 is 10.4 Å². The van der Waals surface area contributed by atoms with Crippen LogP contribution in [0.5, 0.6) is 0 Å². The molecule has 26 heavy (non-hydrogen) atoms. The Morgan fingerprint density at radius 2 is 1.46 bits per heavy atom. The van der Waals surface area contributed by atoms with E-state index in [0.29, 0.717) is 24.7 Å². The normalized spacial score (nSPS) is 17.8. The van der Waals surface area contributed by atoms with E-state index in [1.54, 1.807) is 0 Å². The van der Waals surface area contributed by atoms with Crippen molar-refractivity contribution in [1.29, 1.82) is 0 Å². The van der Waals surface area contributed by atoms with E-state index in [9.17, 15) is 9.90 Å². The standard InChI is InChI=1S/C23H29NO2/c1-15(2)17-7-5-9-19(13-17)23(26,21-11-12-22(25)24-21)20-10-6-8-18(14-20)16(3)4/h5-10,13-16,21,26H,11-12H2,1-4H3,(H,24,25)/t21-/m0/s1. The Bertz CT molecular complexity index is 743. The molecule has 3 heteroatoms. The maximum Gasteiger partial charge on any atom is 0.220 e. The summed E-state index contributed by atoms with van der Waals surface area (Å²) in [5.74, 6) is 0.757. The van der Waals surface area contributed by atoms with Gasteiger partial charge in [0, 0.05) is 6.42 Å². The first-order valence-corrected chi connectivity index (χ1v) is 9.55. The zero-order chi connectivity index (χ0) is 18.9. The molecule has 0 aromatic heterocycles. The summed E-state index contributed by atoms with van der Waals surface area (Å²) >= 11 is 0. The molecule has 2 aromatic carbocycles. The van der Waals surface area contributed by atoms with E-state index in [0.717, 1.165) is 11.1 Å². The Morgan fingerprint density at radius 3 is 1.85 bits per heavy atom. The van der Waals surface area contributed by atoms with Crippen molar-refractivity contribution in [2.45, 2.75) is 64.0 Å². The second kappa shape index (κ2) is 7.24. The van der Waals surface area contributed by atoms with Gasteiger partial charge in [-0.15, -0.1) is 0 Å². The molecular weight excluding hydrogens is 322 g/mol. The van der Waals surface area contributed by atoms with E-state index in [1.807, 2.05) is 24.3 Å². The van der Waals surface area contributed by atoms with Crippen LogP contribution in [0.4, 0.5) is 0 Å². The summed E-state index contributed by atoms with van der Waals surface area (Å²) in [5, 5.41) is 15.0. The molecule has 1 fully saturated rings. The molecule has 0 radical (unpaired) electrons. The number of hydrogen-bond acceptors (Lipinski definition) is 2. The summed E-state index contributed by atoms with van der Waals surface area (Å²) in [6, 6.07) is 16.0. The second-order valence-electron chi connectivity index (χ2n) is 7.99. The lowest BCUT2D eigenvalue weighted by atomic mass is 9.77. The van der Waals surface area contributed by atoms with Gasteiger partial charge in [0.25, 0.3) is 0 Å². The smallest absolute Gasteiger partial charge is 0.220 e. The van der Waals surface area contributed by atoms with Gasteiger partial charge in [0.2, 0.25) is 5.91 Å². The van der Waals surface area contributed by atoms with Gasteiger partial charge in [-0.05, 0) is 40.5 Å². The molecule has 1 aliphatic rings. The third kappa shape index (κ3) is 3.41. The van der Waals surface area contributed by atoms with Crippen molar-refractivity contribution in [3.05, 3.63) is 70.8 Å². The van der Waals surface area contributed by atoms with Gasteiger partial charge in [0.1, 0.15) is 5.60 Å². The third-order valence-corrected chi connectivity index (χ3v) is 5.49. The molecule has 0 spiro atoms. The van der Waals surface area contributed by atoms with Crippen LogP contribution in [-0.2, 0) is 10.4 Å². The minimum atomic E-state index is -1.23. The molecule has 0 unspecified atom stereocenters. The predicted octanol–water partition coefficient (Wildman–Crippen LogP) is 4.45. The van der Waals surface area contributed by atoms with Gasteiger partial charge >= 0.3 is 0 Å². The lowest BCUT2D eigenvalue weighted by Crippen LogP contribution is -2.47. The summed E-state index contributed by atoms with van der Waals surface area (Å²) in [5.41, 5.74) is 2.83. The summed E-state index contributed by atoms with van der Waals surface area (Å²) in [4.78, 5) is 11.9. The number of aliphatic hydroxyl groups is 1. The van der Waals surface area contributed by atoms with Crippen LogP contribution in [0.3, 0.4) is 0 Å². The Labute approximate surface area is 156 Å². The highest BCUT2D eigenvalue weighted by molar-refractivity contribution is 5.79. The first-order valence-electron chi connectivity index (χ1n) is 9.55. The summed E-state index contributed by atoms with van der Waals surface area (Å²) in [7, 11) is 0. The minimum Gasteiger partial charge on any atom is -0.378 e. The first kappa shape index (κ1) is 18.7. The van der Waals surface area contributed by atoms with Gasteiger partial charge in [-0.25, -0.2) is 0 Å². The van der Waals surface area contributed by atoms with Crippen molar-refractivity contribution in [3.63, 3.8) is 0 Å². The Hall–Kier alpha value is -2.13. The third-order valence-electron chi connectivity index (χ3n) is 5.49.